The van der Waals surface area contributed by atoms with Gasteiger partial charge in [-0.05, 0) is 13.3 Å². The van der Waals surface area contributed by atoms with Crippen molar-refractivity contribution in [2.24, 2.45) is 0 Å². The molecule has 0 aliphatic heterocycles. The van der Waals surface area contributed by atoms with E-state index in [0.29, 0.717) is 0 Å². The quantitative estimate of drug-likeness (QED) is 0.759. The van der Waals surface area contributed by atoms with Crippen LogP contribution in [0.5, 0.6) is 0 Å². The van der Waals surface area contributed by atoms with Gasteiger partial charge in [-0.2, -0.15) is 0 Å². The Bertz CT molecular complexity index is 77.0. The summed E-state index contributed by atoms with van der Waals surface area (Å²) in [6.07, 6.45) is 1.91. The Morgan fingerprint density at radius 2 is 1.55 bits per heavy atom. The Balaban J connectivity index is 0. The van der Waals surface area contributed by atoms with Crippen LogP contribution in [0.1, 0.15) is 26.7 Å². The zero-order valence-corrected chi connectivity index (χ0v) is 11.0. The van der Waals surface area contributed by atoms with E-state index in [1.165, 1.54) is 0 Å². The summed E-state index contributed by atoms with van der Waals surface area (Å²) >= 11 is -3.11. The zero-order chi connectivity index (χ0) is 9.49. The van der Waals surface area contributed by atoms with E-state index in [1.807, 2.05) is 6.92 Å². The normalized spacial score (nSPS) is 13.4. The molecule has 0 aromatic heterocycles. The van der Waals surface area contributed by atoms with Gasteiger partial charge in [-0.15, -0.1) is 0 Å². The topological polar surface area (TPSA) is 20.2 Å². The second-order valence-electron chi connectivity index (χ2n) is 2.07. The van der Waals surface area contributed by atoms with Crippen molar-refractivity contribution in [2.45, 2.75) is 32.8 Å². The summed E-state index contributed by atoms with van der Waals surface area (Å²) in [4.78, 5) is 0. The fraction of sp³-hybridized carbons (Fsp3) is 1.00. The molecule has 0 saturated carbocycles. The molecule has 0 aromatic carbocycles. The van der Waals surface area contributed by atoms with Gasteiger partial charge in [0, 0.05) is 0 Å². The maximum absolute atomic E-state index is 8.55. The summed E-state index contributed by atoms with van der Waals surface area (Å²) in [5.41, 5.74) is 0. The van der Waals surface area contributed by atoms with Gasteiger partial charge >= 0.3 is 49.6 Å². The average Bonchev–Trinajstić information content (AvgIpc) is 1.58. The minimum atomic E-state index is -3.11. The summed E-state index contributed by atoms with van der Waals surface area (Å²) in [6.45, 7) is 3.87. The Morgan fingerprint density at radius 1 is 1.27 bits per heavy atom. The summed E-state index contributed by atoms with van der Waals surface area (Å²) < 4.78 is 0. The van der Waals surface area contributed by atoms with Crippen molar-refractivity contribution < 1.29 is 17.5 Å². The predicted molar refractivity (Wildman–Crippen MR) is 50.0 cm³/mol. The second kappa shape index (κ2) is 8.43. The predicted octanol–water partition coefficient (Wildman–Crippen LogP) is 3.92. The van der Waals surface area contributed by atoms with E-state index in [0.717, 1.165) is 12.8 Å². The van der Waals surface area contributed by atoms with Gasteiger partial charge in [0.1, 0.15) is 0 Å². The number of hydrogen-bond acceptors (Lipinski definition) is 1. The monoisotopic (exact) mass is 276 g/mol. The van der Waals surface area contributed by atoms with Gasteiger partial charge in [0.05, 0.1) is 6.10 Å². The van der Waals surface area contributed by atoms with E-state index < -0.39 is 12.3 Å². The third kappa shape index (κ3) is 49.0. The van der Waals surface area contributed by atoms with Gasteiger partial charge in [0.2, 0.25) is 0 Å². The summed E-state index contributed by atoms with van der Waals surface area (Å²) in [5, 5.41) is 8.55. The Labute approximate surface area is 86.8 Å². The van der Waals surface area contributed by atoms with Crippen LogP contribution < -0.4 is 0 Å². The van der Waals surface area contributed by atoms with Crippen LogP contribution in [0.2, 0.25) is 0 Å². The fourth-order valence-electron chi connectivity index (χ4n) is 0.418. The number of hydrogen-bond donors (Lipinski definition) is 1. The van der Waals surface area contributed by atoms with Gasteiger partial charge in [-0.25, -0.2) is 0 Å². The van der Waals surface area contributed by atoms with Gasteiger partial charge in [0.25, 0.3) is 0 Å². The molecule has 70 valence electrons. The van der Waals surface area contributed by atoms with E-state index in [-0.39, 0.29) is 6.10 Å². The molecule has 1 atom stereocenters. The van der Waals surface area contributed by atoms with Crippen molar-refractivity contribution in [3.8, 4) is 0 Å². The van der Waals surface area contributed by atoms with Crippen molar-refractivity contribution in [3.05, 3.63) is 0 Å². The van der Waals surface area contributed by atoms with Crippen molar-refractivity contribution in [1.82, 2.24) is 0 Å². The van der Waals surface area contributed by atoms with E-state index >= 15 is 0 Å². The Hall–Kier alpha value is 1.83. The van der Waals surface area contributed by atoms with Crippen molar-refractivity contribution in [3.63, 3.8) is 0 Å². The second-order valence-corrected chi connectivity index (χ2v) is 17.5. The molecular formula is C5H12Cl4OTi. The third-order valence-corrected chi connectivity index (χ3v) is 0.706. The molecule has 1 unspecified atom stereocenters. The molecule has 6 heteroatoms. The van der Waals surface area contributed by atoms with Gasteiger partial charge in [0.15, 0.2) is 0 Å². The van der Waals surface area contributed by atoms with Crippen LogP contribution in [0.4, 0.5) is 0 Å². The number of rotatable bonds is 2. The molecule has 0 amide bonds. The maximum atomic E-state index is 8.55. The number of aliphatic hydroxyl groups is 1. The molecule has 11 heavy (non-hydrogen) atoms. The first-order valence-corrected chi connectivity index (χ1v) is 11.8. The third-order valence-electron chi connectivity index (χ3n) is 0.706. The van der Waals surface area contributed by atoms with E-state index in [2.05, 4.69) is 6.92 Å². The first-order valence-electron chi connectivity index (χ1n) is 3.21. The first-order chi connectivity index (χ1) is 4.77. The molecule has 1 N–H and O–H groups in total. The molecule has 0 aliphatic carbocycles. The molecule has 0 aromatic rings. The average molecular weight is 278 g/mol. The SMILES string of the molecule is CCCC(C)O.[Cl][Ti]([Cl])([Cl])[Cl]. The molecule has 0 aliphatic rings. The zero-order valence-electron chi connectivity index (χ0n) is 6.45. The van der Waals surface area contributed by atoms with Crippen molar-refractivity contribution in [2.75, 3.05) is 0 Å². The van der Waals surface area contributed by atoms with E-state index in [9.17, 15) is 0 Å². The van der Waals surface area contributed by atoms with Crippen LogP contribution in [-0.2, 0) is 12.3 Å². The van der Waals surface area contributed by atoms with Crippen LogP contribution in [0, 0.1) is 0 Å². The summed E-state index contributed by atoms with van der Waals surface area (Å²) in [6, 6.07) is 0. The molecule has 0 heterocycles. The van der Waals surface area contributed by atoms with Crippen LogP contribution >= 0.6 is 37.2 Å². The molecule has 1 nitrogen and oxygen atoms in total. The van der Waals surface area contributed by atoms with Crippen LogP contribution in [0.25, 0.3) is 0 Å². The van der Waals surface area contributed by atoms with Gasteiger partial charge in [-0.1, -0.05) is 13.3 Å². The number of halogens is 4. The van der Waals surface area contributed by atoms with Crippen LogP contribution in [-0.4, -0.2) is 11.2 Å². The van der Waals surface area contributed by atoms with Crippen LogP contribution in [0.15, 0.2) is 0 Å². The first kappa shape index (κ1) is 15.3. The Kier molecular flexibility index (Phi) is 11.7. The van der Waals surface area contributed by atoms with Gasteiger partial charge < -0.3 is 5.11 Å². The molecule has 0 rings (SSSR count). The van der Waals surface area contributed by atoms with Crippen molar-refractivity contribution in [1.29, 1.82) is 0 Å². The fourth-order valence-corrected chi connectivity index (χ4v) is 0.418. The molecular weight excluding hydrogens is 266 g/mol. The van der Waals surface area contributed by atoms with E-state index in [4.69, 9.17) is 42.3 Å². The molecule has 0 radical (unpaired) electrons. The van der Waals surface area contributed by atoms with Crippen LogP contribution in [0.3, 0.4) is 0 Å². The van der Waals surface area contributed by atoms with Crippen molar-refractivity contribution >= 4 is 37.2 Å². The standard InChI is InChI=1S/C5H12O.4ClH.Ti/c1-3-4-5(2)6;;;;;/h5-6H,3-4H2,1-2H3;4*1H;/q;;;;;+4/p-4. The van der Waals surface area contributed by atoms with Gasteiger partial charge in [-0.3, -0.25) is 0 Å². The van der Waals surface area contributed by atoms with E-state index in [1.54, 1.807) is 0 Å². The summed E-state index contributed by atoms with van der Waals surface area (Å²) in [5.74, 6) is 0. The Morgan fingerprint density at radius 3 is 1.55 bits per heavy atom. The molecule has 0 fully saturated rings. The molecule has 0 bridgehead atoms. The molecule has 0 saturated heterocycles. The number of aliphatic hydroxyl groups excluding tert-OH is 1. The minimum absolute atomic E-state index is 0.102. The molecule has 0 spiro atoms. The summed E-state index contributed by atoms with van der Waals surface area (Å²) in [7, 11) is 20.1.